The van der Waals surface area contributed by atoms with Crippen molar-refractivity contribution in [3.63, 3.8) is 0 Å². The number of rotatable bonds is 6. The smallest absolute Gasteiger partial charge is 0.270 e. The zero-order valence-electron chi connectivity index (χ0n) is 11.1. The molecule has 1 unspecified atom stereocenters. The number of hydrogen-bond donors (Lipinski definition) is 2. The molecule has 0 spiro atoms. The van der Waals surface area contributed by atoms with Crippen molar-refractivity contribution in [1.29, 1.82) is 5.26 Å². The van der Waals surface area contributed by atoms with Crippen LogP contribution in [0.5, 0.6) is 0 Å². The van der Waals surface area contributed by atoms with E-state index >= 15 is 0 Å². The molecule has 1 atom stereocenters. The molecule has 3 N–H and O–H groups in total. The van der Waals surface area contributed by atoms with Gasteiger partial charge in [0.1, 0.15) is 6.07 Å². The zero-order chi connectivity index (χ0) is 14.4. The Balaban J connectivity index is 2.85. The standard InChI is InChI=1S/C13H18N4O2/c1-9(2)11(7-15)8-16-13-4-3-12(17(18)19)5-10(13)6-14/h3-5,9,11,16H,7-8,15H2,1-2H3. The molecule has 19 heavy (non-hydrogen) atoms. The van der Waals surface area contributed by atoms with Crippen molar-refractivity contribution in [2.24, 2.45) is 17.6 Å². The number of nitro groups is 1. The van der Waals surface area contributed by atoms with Gasteiger partial charge in [-0.05, 0) is 24.4 Å². The van der Waals surface area contributed by atoms with E-state index in [1.807, 2.05) is 6.07 Å². The molecule has 1 aromatic rings. The minimum absolute atomic E-state index is 0.0821. The van der Waals surface area contributed by atoms with Crippen molar-refractivity contribution in [2.45, 2.75) is 13.8 Å². The lowest BCUT2D eigenvalue weighted by Crippen LogP contribution is -2.27. The van der Waals surface area contributed by atoms with Crippen LogP contribution in [-0.4, -0.2) is 18.0 Å². The fourth-order valence-electron chi connectivity index (χ4n) is 1.72. The van der Waals surface area contributed by atoms with E-state index in [0.717, 1.165) is 0 Å². The number of nitro benzene ring substituents is 1. The van der Waals surface area contributed by atoms with Gasteiger partial charge in [-0.15, -0.1) is 0 Å². The first-order valence-corrected chi connectivity index (χ1v) is 6.12. The minimum Gasteiger partial charge on any atom is -0.384 e. The summed E-state index contributed by atoms with van der Waals surface area (Å²) < 4.78 is 0. The summed E-state index contributed by atoms with van der Waals surface area (Å²) in [6.45, 7) is 5.36. The third-order valence-corrected chi connectivity index (χ3v) is 3.13. The van der Waals surface area contributed by atoms with Gasteiger partial charge < -0.3 is 11.1 Å². The van der Waals surface area contributed by atoms with Crippen LogP contribution in [0.2, 0.25) is 0 Å². The summed E-state index contributed by atoms with van der Waals surface area (Å²) in [5.74, 6) is 0.725. The summed E-state index contributed by atoms with van der Waals surface area (Å²) in [5, 5.41) is 22.8. The molecular weight excluding hydrogens is 244 g/mol. The Morgan fingerprint density at radius 1 is 1.53 bits per heavy atom. The van der Waals surface area contributed by atoms with Gasteiger partial charge in [0.05, 0.1) is 16.2 Å². The number of nitriles is 1. The Hall–Kier alpha value is -2.13. The number of nitrogens with zero attached hydrogens (tertiary/aromatic N) is 2. The second-order valence-electron chi connectivity index (χ2n) is 4.72. The molecule has 0 bridgehead atoms. The van der Waals surface area contributed by atoms with Crippen molar-refractivity contribution in [1.82, 2.24) is 0 Å². The molecule has 6 nitrogen and oxygen atoms in total. The molecule has 102 valence electrons. The molecule has 0 saturated heterocycles. The van der Waals surface area contributed by atoms with E-state index in [4.69, 9.17) is 11.0 Å². The Morgan fingerprint density at radius 2 is 2.21 bits per heavy atom. The summed E-state index contributed by atoms with van der Waals surface area (Å²) in [5.41, 5.74) is 6.47. The predicted octanol–water partition coefficient (Wildman–Crippen LogP) is 2.11. The molecular formula is C13H18N4O2. The number of anilines is 1. The van der Waals surface area contributed by atoms with E-state index in [1.165, 1.54) is 12.1 Å². The Bertz CT molecular complexity index is 494. The molecule has 0 aromatic heterocycles. The number of nitrogens with two attached hydrogens (primary N) is 1. The normalized spacial score (nSPS) is 11.9. The fourth-order valence-corrected chi connectivity index (χ4v) is 1.72. The van der Waals surface area contributed by atoms with Gasteiger partial charge in [0.2, 0.25) is 0 Å². The molecule has 0 heterocycles. The van der Waals surface area contributed by atoms with Crippen LogP contribution in [-0.2, 0) is 0 Å². The first-order valence-electron chi connectivity index (χ1n) is 6.12. The van der Waals surface area contributed by atoms with Gasteiger partial charge in [0.15, 0.2) is 0 Å². The van der Waals surface area contributed by atoms with Crippen LogP contribution in [0.25, 0.3) is 0 Å². The quantitative estimate of drug-likeness (QED) is 0.603. The number of nitrogens with one attached hydrogen (secondary N) is 1. The zero-order valence-corrected chi connectivity index (χ0v) is 11.1. The third kappa shape index (κ3) is 3.93. The van der Waals surface area contributed by atoms with Crippen molar-refractivity contribution >= 4 is 11.4 Å². The third-order valence-electron chi connectivity index (χ3n) is 3.13. The largest absolute Gasteiger partial charge is 0.384 e. The highest BCUT2D eigenvalue weighted by Crippen LogP contribution is 2.22. The van der Waals surface area contributed by atoms with Gasteiger partial charge in [-0.2, -0.15) is 5.26 Å². The summed E-state index contributed by atoms with van der Waals surface area (Å²) in [7, 11) is 0. The fraction of sp³-hybridized carbons (Fsp3) is 0.462. The number of non-ortho nitro benzene ring substituents is 1. The van der Waals surface area contributed by atoms with Crippen LogP contribution < -0.4 is 11.1 Å². The molecule has 0 aliphatic carbocycles. The molecule has 6 heteroatoms. The van der Waals surface area contributed by atoms with Crippen LogP contribution in [0.15, 0.2) is 18.2 Å². The SMILES string of the molecule is CC(C)C(CN)CNc1ccc([N+](=O)[O-])cc1C#N. The lowest BCUT2D eigenvalue weighted by Gasteiger charge is -2.20. The van der Waals surface area contributed by atoms with Gasteiger partial charge in [-0.1, -0.05) is 13.8 Å². The van der Waals surface area contributed by atoms with Crippen LogP contribution >= 0.6 is 0 Å². The highest BCUT2D eigenvalue weighted by atomic mass is 16.6. The summed E-state index contributed by atoms with van der Waals surface area (Å²) in [6, 6.07) is 6.18. The first-order chi connectivity index (χ1) is 8.99. The maximum Gasteiger partial charge on any atom is 0.270 e. The predicted molar refractivity (Wildman–Crippen MR) is 73.7 cm³/mol. The van der Waals surface area contributed by atoms with E-state index in [1.54, 1.807) is 6.07 Å². The van der Waals surface area contributed by atoms with Crippen LogP contribution in [0.1, 0.15) is 19.4 Å². The maximum atomic E-state index is 10.6. The maximum absolute atomic E-state index is 10.6. The topological polar surface area (TPSA) is 105 Å². The second-order valence-corrected chi connectivity index (χ2v) is 4.72. The average Bonchev–Trinajstić information content (AvgIpc) is 2.38. The van der Waals surface area contributed by atoms with Crippen molar-refractivity contribution in [3.8, 4) is 6.07 Å². The van der Waals surface area contributed by atoms with Crippen molar-refractivity contribution in [3.05, 3.63) is 33.9 Å². The van der Waals surface area contributed by atoms with E-state index in [-0.39, 0.29) is 11.3 Å². The molecule has 0 saturated carbocycles. The van der Waals surface area contributed by atoms with Gasteiger partial charge in [0, 0.05) is 18.7 Å². The molecule has 0 aliphatic heterocycles. The van der Waals surface area contributed by atoms with Gasteiger partial charge in [-0.25, -0.2) is 0 Å². The summed E-state index contributed by atoms with van der Waals surface area (Å²) in [4.78, 5) is 10.1. The van der Waals surface area contributed by atoms with Gasteiger partial charge >= 0.3 is 0 Å². The molecule has 0 aliphatic rings. The minimum atomic E-state index is -0.512. The van der Waals surface area contributed by atoms with Crippen molar-refractivity contribution < 1.29 is 4.92 Å². The van der Waals surface area contributed by atoms with E-state index in [9.17, 15) is 10.1 Å². The average molecular weight is 262 g/mol. The van der Waals surface area contributed by atoms with Crippen molar-refractivity contribution in [2.75, 3.05) is 18.4 Å². The van der Waals surface area contributed by atoms with Crippen LogP contribution in [0.4, 0.5) is 11.4 Å². The van der Waals surface area contributed by atoms with Crippen LogP contribution in [0, 0.1) is 33.3 Å². The molecule has 0 amide bonds. The molecule has 1 rings (SSSR count). The lowest BCUT2D eigenvalue weighted by molar-refractivity contribution is -0.384. The first kappa shape index (κ1) is 14.9. The Kier molecular flexibility index (Phi) is 5.27. The highest BCUT2D eigenvalue weighted by molar-refractivity contribution is 5.61. The van der Waals surface area contributed by atoms with Crippen LogP contribution in [0.3, 0.4) is 0 Å². The summed E-state index contributed by atoms with van der Waals surface area (Å²) in [6.07, 6.45) is 0. The Morgan fingerprint density at radius 3 is 2.68 bits per heavy atom. The van der Waals surface area contributed by atoms with E-state index in [0.29, 0.717) is 30.6 Å². The molecule has 0 radical (unpaired) electrons. The van der Waals surface area contributed by atoms with Gasteiger partial charge in [-0.3, -0.25) is 10.1 Å². The Labute approximate surface area is 112 Å². The van der Waals surface area contributed by atoms with E-state index < -0.39 is 4.92 Å². The number of hydrogen-bond acceptors (Lipinski definition) is 5. The summed E-state index contributed by atoms with van der Waals surface area (Å²) >= 11 is 0. The molecule has 0 fully saturated rings. The van der Waals surface area contributed by atoms with Gasteiger partial charge in [0.25, 0.3) is 5.69 Å². The molecule has 1 aromatic carbocycles. The highest BCUT2D eigenvalue weighted by Gasteiger charge is 2.14. The number of benzene rings is 1. The van der Waals surface area contributed by atoms with E-state index in [2.05, 4.69) is 19.2 Å². The lowest BCUT2D eigenvalue weighted by atomic mass is 9.96. The monoisotopic (exact) mass is 262 g/mol. The second kappa shape index (κ2) is 6.71.